The van der Waals surface area contributed by atoms with Gasteiger partial charge >= 0.3 is 0 Å². The molecule has 160 valence electrons. The zero-order valence-corrected chi connectivity index (χ0v) is 17.6. The van der Waals surface area contributed by atoms with Crippen molar-refractivity contribution in [1.82, 2.24) is 4.90 Å². The Kier molecular flexibility index (Phi) is 7.15. The summed E-state index contributed by atoms with van der Waals surface area (Å²) in [5.74, 6) is -1.31. The van der Waals surface area contributed by atoms with Gasteiger partial charge in [0.25, 0.3) is 5.91 Å². The van der Waals surface area contributed by atoms with Crippen LogP contribution >= 0.6 is 0 Å². The molecule has 0 aliphatic heterocycles. The third-order valence-electron chi connectivity index (χ3n) is 4.80. The summed E-state index contributed by atoms with van der Waals surface area (Å²) in [4.78, 5) is 27.5. The number of halogens is 1. The Balaban J connectivity index is 1.84. The maximum Gasteiger partial charge on any atom is 0.254 e. The number of hydrogen-bond donors (Lipinski definition) is 2. The number of nitrogens with one attached hydrogen (secondary N) is 1. The fourth-order valence-electron chi connectivity index (χ4n) is 3.07. The molecule has 3 rings (SSSR count). The number of anilines is 1. The average molecular weight is 440 g/mol. The zero-order chi connectivity index (χ0) is 22.4. The number of hydrogen-bond acceptors (Lipinski definition) is 4. The molecule has 31 heavy (non-hydrogen) atoms. The number of rotatable bonds is 7. The fourth-order valence-corrected chi connectivity index (χ4v) is 3.47. The minimum atomic E-state index is -2.71. The highest BCUT2D eigenvalue weighted by Gasteiger charge is 2.28. The van der Waals surface area contributed by atoms with E-state index >= 15 is 0 Å². The number of benzene rings is 3. The molecule has 0 unspecified atom stereocenters. The minimum Gasteiger partial charge on any atom is -0.329 e. The third kappa shape index (κ3) is 5.76. The molecule has 0 fully saturated rings. The molecule has 6 nitrogen and oxygen atoms in total. The van der Waals surface area contributed by atoms with Gasteiger partial charge in [-0.2, -0.15) is 0 Å². The second-order valence-electron chi connectivity index (χ2n) is 6.92. The van der Waals surface area contributed by atoms with Gasteiger partial charge in [-0.1, -0.05) is 30.3 Å². The van der Waals surface area contributed by atoms with E-state index in [9.17, 15) is 22.4 Å². The van der Waals surface area contributed by atoms with E-state index in [0.717, 1.165) is 5.56 Å². The van der Waals surface area contributed by atoms with Crippen LogP contribution in [0.4, 0.5) is 10.1 Å². The summed E-state index contributed by atoms with van der Waals surface area (Å²) in [5, 5.41) is 2.74. The first-order valence-corrected chi connectivity index (χ1v) is 10.6. The van der Waals surface area contributed by atoms with Gasteiger partial charge in [0.2, 0.25) is 5.91 Å². The standard InChI is InChI=1S/C23H21FN2O4S/c1-26(23(28)17-7-9-18(24)10-8-17)21(15-16-5-3-2-4-6-16)22(27)25-19-11-13-20(14-12-19)31(29)30/h2-14,21,31H,15H2,1H3,(H,25,27)/t21-/m0/s1. The number of carbonyl (C=O) groups excluding carboxylic acids is 2. The second-order valence-corrected chi connectivity index (χ2v) is 7.95. The van der Waals surface area contributed by atoms with Gasteiger partial charge < -0.3 is 10.2 Å². The molecule has 1 N–H and O–H groups in total. The molecule has 2 amide bonds. The number of amides is 2. The topological polar surface area (TPSA) is 83.6 Å². The van der Waals surface area contributed by atoms with Crippen LogP contribution in [0.3, 0.4) is 0 Å². The normalized spacial score (nSPS) is 11.7. The van der Waals surface area contributed by atoms with Gasteiger partial charge in [-0.05, 0) is 54.1 Å². The Labute approximate surface area is 181 Å². The van der Waals surface area contributed by atoms with Crippen molar-refractivity contribution in [3.8, 4) is 0 Å². The highest BCUT2D eigenvalue weighted by atomic mass is 32.2. The first kappa shape index (κ1) is 22.2. The van der Waals surface area contributed by atoms with E-state index in [1.54, 1.807) is 0 Å². The van der Waals surface area contributed by atoms with Crippen molar-refractivity contribution in [3.63, 3.8) is 0 Å². The molecule has 0 saturated heterocycles. The number of thiol groups is 1. The number of likely N-dealkylation sites (N-methyl/N-ethyl adjacent to an activating group) is 1. The molecule has 0 bridgehead atoms. The first-order chi connectivity index (χ1) is 14.8. The van der Waals surface area contributed by atoms with Crippen LogP contribution in [0.5, 0.6) is 0 Å². The molecule has 8 heteroatoms. The Hall–Kier alpha value is -3.52. The van der Waals surface area contributed by atoms with Gasteiger partial charge in [0.1, 0.15) is 11.9 Å². The Morgan fingerprint density at radius 2 is 1.55 bits per heavy atom. The molecular formula is C23H21FN2O4S. The van der Waals surface area contributed by atoms with E-state index in [4.69, 9.17) is 0 Å². The fraction of sp³-hybridized carbons (Fsp3) is 0.130. The second kappa shape index (κ2) is 9.99. The Morgan fingerprint density at radius 3 is 2.13 bits per heavy atom. The van der Waals surface area contributed by atoms with Crippen LogP contribution in [0, 0.1) is 5.82 Å². The molecule has 0 aromatic heterocycles. The zero-order valence-electron chi connectivity index (χ0n) is 16.7. The quantitative estimate of drug-likeness (QED) is 0.553. The Morgan fingerprint density at radius 1 is 0.935 bits per heavy atom. The average Bonchev–Trinajstić information content (AvgIpc) is 2.78. The van der Waals surface area contributed by atoms with Gasteiger partial charge in [0.15, 0.2) is 10.7 Å². The van der Waals surface area contributed by atoms with Gasteiger partial charge in [-0.15, -0.1) is 0 Å². The monoisotopic (exact) mass is 440 g/mol. The van der Waals surface area contributed by atoms with Gasteiger partial charge in [-0.3, -0.25) is 9.59 Å². The molecule has 3 aromatic rings. The third-order valence-corrected chi connectivity index (χ3v) is 5.52. The Bertz CT molecular complexity index is 1120. The van der Waals surface area contributed by atoms with Crippen LogP contribution in [0.1, 0.15) is 15.9 Å². The maximum absolute atomic E-state index is 13.2. The lowest BCUT2D eigenvalue weighted by Crippen LogP contribution is -2.46. The van der Waals surface area contributed by atoms with E-state index in [1.165, 1.54) is 60.5 Å². The molecule has 0 radical (unpaired) electrons. The highest BCUT2D eigenvalue weighted by molar-refractivity contribution is 7.72. The summed E-state index contributed by atoms with van der Waals surface area (Å²) in [6.07, 6.45) is 0.264. The maximum atomic E-state index is 13.2. The van der Waals surface area contributed by atoms with Gasteiger partial charge in [-0.25, -0.2) is 12.8 Å². The predicted molar refractivity (Wildman–Crippen MR) is 116 cm³/mol. The van der Waals surface area contributed by atoms with Crippen LogP contribution in [-0.4, -0.2) is 38.2 Å². The molecule has 0 spiro atoms. The van der Waals surface area contributed by atoms with Crippen molar-refractivity contribution in [2.75, 3.05) is 12.4 Å². The molecule has 3 aromatic carbocycles. The smallest absolute Gasteiger partial charge is 0.254 e. The van der Waals surface area contributed by atoms with E-state index < -0.39 is 34.4 Å². The summed E-state index contributed by atoms with van der Waals surface area (Å²) in [6, 6.07) is 19.3. The largest absolute Gasteiger partial charge is 0.329 e. The van der Waals surface area contributed by atoms with Gasteiger partial charge in [0.05, 0.1) is 4.90 Å². The molecule has 1 atom stereocenters. The summed E-state index contributed by atoms with van der Waals surface area (Å²) in [7, 11) is -1.20. The van der Waals surface area contributed by atoms with Crippen molar-refractivity contribution < 1.29 is 22.4 Å². The summed E-state index contributed by atoms with van der Waals surface area (Å²) >= 11 is 0. The van der Waals surface area contributed by atoms with Crippen molar-refractivity contribution in [3.05, 3.63) is 95.8 Å². The van der Waals surface area contributed by atoms with Crippen LogP contribution in [0.2, 0.25) is 0 Å². The SMILES string of the molecule is CN(C(=O)c1ccc(F)cc1)[C@@H](Cc1ccccc1)C(=O)Nc1ccc([SH](=O)=O)cc1. The first-order valence-electron chi connectivity index (χ1n) is 9.47. The predicted octanol–water partition coefficient (Wildman–Crippen LogP) is 3.12. The minimum absolute atomic E-state index is 0.137. The van der Waals surface area contributed by atoms with Crippen LogP contribution in [-0.2, 0) is 21.9 Å². The molecule has 0 heterocycles. The van der Waals surface area contributed by atoms with E-state index in [-0.39, 0.29) is 16.9 Å². The van der Waals surface area contributed by atoms with Crippen LogP contribution in [0.15, 0.2) is 83.8 Å². The van der Waals surface area contributed by atoms with Crippen molar-refractivity contribution in [2.45, 2.75) is 17.4 Å². The van der Waals surface area contributed by atoms with Crippen molar-refractivity contribution in [1.29, 1.82) is 0 Å². The molecule has 0 saturated carbocycles. The number of carbonyl (C=O) groups is 2. The van der Waals surface area contributed by atoms with E-state index in [2.05, 4.69) is 5.32 Å². The summed E-state index contributed by atoms with van der Waals surface area (Å²) in [6.45, 7) is 0. The number of nitrogens with zero attached hydrogens (tertiary/aromatic N) is 1. The van der Waals surface area contributed by atoms with Crippen LogP contribution < -0.4 is 5.32 Å². The lowest BCUT2D eigenvalue weighted by Gasteiger charge is -2.27. The summed E-state index contributed by atoms with van der Waals surface area (Å²) in [5.41, 5.74) is 1.53. The lowest BCUT2D eigenvalue weighted by molar-refractivity contribution is -0.120. The molecule has 0 aliphatic rings. The van der Waals surface area contributed by atoms with Crippen molar-refractivity contribution >= 4 is 28.2 Å². The summed E-state index contributed by atoms with van der Waals surface area (Å²) < 4.78 is 35.3. The lowest BCUT2D eigenvalue weighted by atomic mass is 10.0. The van der Waals surface area contributed by atoms with E-state index in [0.29, 0.717) is 5.69 Å². The molecule has 0 aliphatic carbocycles. The molecular weight excluding hydrogens is 419 g/mol. The van der Waals surface area contributed by atoms with Crippen LogP contribution in [0.25, 0.3) is 0 Å². The highest BCUT2D eigenvalue weighted by Crippen LogP contribution is 2.16. The van der Waals surface area contributed by atoms with Crippen molar-refractivity contribution in [2.24, 2.45) is 0 Å². The van der Waals surface area contributed by atoms with E-state index in [1.807, 2.05) is 30.3 Å². The van der Waals surface area contributed by atoms with Gasteiger partial charge in [0, 0.05) is 24.7 Å².